The SMILES string of the molecule is CCNC(=NCc1ccc(C)cc1OCCCOC)NCCNC(=O)c1ccccc1F. The number of aryl methyl sites for hydroxylation is 1. The van der Waals surface area contributed by atoms with Crippen LogP contribution in [0.15, 0.2) is 47.5 Å². The topological polar surface area (TPSA) is 84.0 Å². The Kier molecular flexibility index (Phi) is 11.0. The normalized spacial score (nSPS) is 11.2. The van der Waals surface area contributed by atoms with E-state index in [4.69, 9.17) is 9.47 Å². The van der Waals surface area contributed by atoms with Gasteiger partial charge in [0.15, 0.2) is 5.96 Å². The average Bonchev–Trinajstić information content (AvgIpc) is 2.79. The second-order valence-corrected chi connectivity index (χ2v) is 7.16. The predicted molar refractivity (Wildman–Crippen MR) is 125 cm³/mol. The van der Waals surface area contributed by atoms with Crippen LogP contribution in [0.5, 0.6) is 5.75 Å². The van der Waals surface area contributed by atoms with Crippen LogP contribution in [0.25, 0.3) is 0 Å². The third-order valence-electron chi connectivity index (χ3n) is 4.55. The molecule has 2 rings (SSSR count). The molecule has 32 heavy (non-hydrogen) atoms. The maximum Gasteiger partial charge on any atom is 0.254 e. The first-order chi connectivity index (χ1) is 15.5. The molecule has 0 saturated carbocycles. The van der Waals surface area contributed by atoms with E-state index in [1.54, 1.807) is 19.2 Å². The van der Waals surface area contributed by atoms with E-state index in [1.165, 1.54) is 12.1 Å². The number of rotatable bonds is 12. The maximum absolute atomic E-state index is 13.7. The summed E-state index contributed by atoms with van der Waals surface area (Å²) in [7, 11) is 1.67. The molecule has 0 spiro atoms. The van der Waals surface area contributed by atoms with Gasteiger partial charge in [-0.2, -0.15) is 0 Å². The second-order valence-electron chi connectivity index (χ2n) is 7.16. The first kappa shape index (κ1) is 25.1. The molecule has 1 amide bonds. The van der Waals surface area contributed by atoms with E-state index in [0.29, 0.717) is 45.4 Å². The molecule has 0 fully saturated rings. The number of amides is 1. The molecular weight excluding hydrogens is 411 g/mol. The lowest BCUT2D eigenvalue weighted by Crippen LogP contribution is -2.41. The van der Waals surface area contributed by atoms with Gasteiger partial charge in [0.05, 0.1) is 18.7 Å². The fraction of sp³-hybridized carbons (Fsp3) is 0.417. The molecule has 8 heteroatoms. The highest BCUT2D eigenvalue weighted by atomic mass is 19.1. The summed E-state index contributed by atoms with van der Waals surface area (Å²) < 4.78 is 24.7. The Morgan fingerprint density at radius 2 is 1.84 bits per heavy atom. The van der Waals surface area contributed by atoms with Crippen LogP contribution < -0.4 is 20.7 Å². The minimum absolute atomic E-state index is 0.0328. The van der Waals surface area contributed by atoms with Gasteiger partial charge in [-0.25, -0.2) is 9.38 Å². The molecule has 0 aliphatic rings. The van der Waals surface area contributed by atoms with Crippen molar-refractivity contribution in [2.75, 3.05) is 40.0 Å². The van der Waals surface area contributed by atoms with Crippen LogP contribution in [0.4, 0.5) is 4.39 Å². The number of carbonyl (C=O) groups excluding carboxylic acids is 1. The molecule has 0 aliphatic carbocycles. The second kappa shape index (κ2) is 14.0. The number of methoxy groups -OCH3 is 1. The molecule has 0 aromatic heterocycles. The quantitative estimate of drug-likeness (QED) is 0.266. The van der Waals surface area contributed by atoms with Gasteiger partial charge in [0.25, 0.3) is 5.91 Å². The number of hydrogen-bond acceptors (Lipinski definition) is 4. The van der Waals surface area contributed by atoms with Gasteiger partial charge < -0.3 is 25.4 Å². The number of nitrogens with one attached hydrogen (secondary N) is 3. The van der Waals surface area contributed by atoms with Crippen molar-refractivity contribution >= 4 is 11.9 Å². The molecule has 0 atom stereocenters. The van der Waals surface area contributed by atoms with E-state index >= 15 is 0 Å². The lowest BCUT2D eigenvalue weighted by molar-refractivity contribution is 0.0950. The van der Waals surface area contributed by atoms with Crippen LogP contribution in [-0.4, -0.2) is 51.8 Å². The van der Waals surface area contributed by atoms with Gasteiger partial charge in [-0.15, -0.1) is 0 Å². The molecule has 0 heterocycles. The smallest absolute Gasteiger partial charge is 0.254 e. The summed E-state index contributed by atoms with van der Waals surface area (Å²) in [4.78, 5) is 16.7. The molecule has 0 radical (unpaired) electrons. The van der Waals surface area contributed by atoms with Crippen LogP contribution in [-0.2, 0) is 11.3 Å². The Morgan fingerprint density at radius 3 is 2.59 bits per heavy atom. The van der Waals surface area contributed by atoms with Crippen molar-refractivity contribution in [2.45, 2.75) is 26.8 Å². The van der Waals surface area contributed by atoms with Crippen molar-refractivity contribution in [3.05, 3.63) is 65.0 Å². The molecule has 0 unspecified atom stereocenters. The minimum Gasteiger partial charge on any atom is -0.493 e. The van der Waals surface area contributed by atoms with Crippen molar-refractivity contribution in [3.63, 3.8) is 0 Å². The summed E-state index contributed by atoms with van der Waals surface area (Å²) in [5.74, 6) is 0.462. The van der Waals surface area contributed by atoms with E-state index in [1.807, 2.05) is 32.0 Å². The van der Waals surface area contributed by atoms with Gasteiger partial charge in [0.2, 0.25) is 0 Å². The molecule has 174 valence electrons. The monoisotopic (exact) mass is 444 g/mol. The van der Waals surface area contributed by atoms with Gasteiger partial charge in [-0.1, -0.05) is 24.3 Å². The zero-order valence-corrected chi connectivity index (χ0v) is 19.0. The summed E-state index contributed by atoms with van der Waals surface area (Å²) in [5, 5.41) is 9.06. The number of ether oxygens (including phenoxy) is 2. The number of aliphatic imine (C=N–C) groups is 1. The Bertz CT molecular complexity index is 889. The van der Waals surface area contributed by atoms with Gasteiger partial charge in [-0.3, -0.25) is 4.79 Å². The molecule has 7 nitrogen and oxygen atoms in total. The van der Waals surface area contributed by atoms with Crippen molar-refractivity contribution in [1.29, 1.82) is 0 Å². The summed E-state index contributed by atoms with van der Waals surface area (Å²) in [6, 6.07) is 12.0. The van der Waals surface area contributed by atoms with Crippen LogP contribution in [0.3, 0.4) is 0 Å². The number of benzene rings is 2. The first-order valence-electron chi connectivity index (χ1n) is 10.8. The molecule has 3 N–H and O–H groups in total. The van der Waals surface area contributed by atoms with E-state index in [-0.39, 0.29) is 5.56 Å². The van der Waals surface area contributed by atoms with Gasteiger partial charge in [0.1, 0.15) is 11.6 Å². The lowest BCUT2D eigenvalue weighted by Gasteiger charge is -2.14. The van der Waals surface area contributed by atoms with Crippen LogP contribution >= 0.6 is 0 Å². The highest BCUT2D eigenvalue weighted by Crippen LogP contribution is 2.21. The Balaban J connectivity index is 1.89. The average molecular weight is 445 g/mol. The largest absolute Gasteiger partial charge is 0.493 e. The summed E-state index contributed by atoms with van der Waals surface area (Å²) in [5.41, 5.74) is 2.14. The lowest BCUT2D eigenvalue weighted by atomic mass is 10.1. The molecule has 0 saturated heterocycles. The fourth-order valence-corrected chi connectivity index (χ4v) is 2.92. The number of halogens is 1. The summed E-state index contributed by atoms with van der Waals surface area (Å²) in [6.07, 6.45) is 0.815. The van der Waals surface area contributed by atoms with Crippen molar-refractivity contribution in [2.24, 2.45) is 4.99 Å². The van der Waals surface area contributed by atoms with Gasteiger partial charge >= 0.3 is 0 Å². The molecule has 2 aromatic rings. The van der Waals surface area contributed by atoms with Crippen molar-refractivity contribution in [3.8, 4) is 5.75 Å². The maximum atomic E-state index is 13.7. The van der Waals surface area contributed by atoms with Gasteiger partial charge in [-0.05, 0) is 37.6 Å². The number of nitrogens with zero attached hydrogens (tertiary/aromatic N) is 1. The zero-order chi connectivity index (χ0) is 23.2. The zero-order valence-electron chi connectivity index (χ0n) is 19.0. The summed E-state index contributed by atoms with van der Waals surface area (Å²) >= 11 is 0. The number of carbonyl (C=O) groups is 1. The molecular formula is C24H33FN4O3. The molecule has 0 bridgehead atoms. The Morgan fingerprint density at radius 1 is 1.06 bits per heavy atom. The van der Waals surface area contributed by atoms with Crippen LogP contribution in [0.1, 0.15) is 34.8 Å². The van der Waals surface area contributed by atoms with E-state index in [0.717, 1.165) is 23.3 Å². The fourth-order valence-electron chi connectivity index (χ4n) is 2.92. The van der Waals surface area contributed by atoms with Crippen LogP contribution in [0, 0.1) is 12.7 Å². The number of guanidine groups is 1. The predicted octanol–water partition coefficient (Wildman–Crippen LogP) is 3.03. The Labute approximate surface area is 189 Å². The number of hydrogen-bond donors (Lipinski definition) is 3. The third kappa shape index (κ3) is 8.55. The highest BCUT2D eigenvalue weighted by Gasteiger charge is 2.10. The Hall–Kier alpha value is -3.13. The van der Waals surface area contributed by atoms with Crippen molar-refractivity contribution < 1.29 is 18.7 Å². The minimum atomic E-state index is -0.536. The highest BCUT2D eigenvalue weighted by molar-refractivity contribution is 5.94. The van der Waals surface area contributed by atoms with Crippen molar-refractivity contribution in [1.82, 2.24) is 16.0 Å². The molecule has 2 aromatic carbocycles. The van der Waals surface area contributed by atoms with E-state index < -0.39 is 11.7 Å². The first-order valence-corrected chi connectivity index (χ1v) is 10.8. The molecule has 0 aliphatic heterocycles. The van der Waals surface area contributed by atoms with E-state index in [2.05, 4.69) is 20.9 Å². The van der Waals surface area contributed by atoms with E-state index in [9.17, 15) is 9.18 Å². The third-order valence-corrected chi connectivity index (χ3v) is 4.55. The van der Waals surface area contributed by atoms with Gasteiger partial charge in [0, 0.05) is 45.3 Å². The standard InChI is InChI=1S/C24H33FN4O3/c1-4-26-24(28-13-12-27-23(30)20-8-5-6-9-21(20)25)29-17-19-11-10-18(2)16-22(19)32-15-7-14-31-3/h5-6,8-11,16H,4,7,12-15,17H2,1-3H3,(H,27,30)(H2,26,28,29). The summed E-state index contributed by atoms with van der Waals surface area (Å²) in [6.45, 7) is 7.15. The van der Waals surface area contributed by atoms with Crippen LogP contribution in [0.2, 0.25) is 0 Å².